The van der Waals surface area contributed by atoms with Crippen LogP contribution in [-0.2, 0) is 0 Å². The first-order valence-electron chi connectivity index (χ1n) is 9.02. The molecule has 5 heteroatoms. The molecule has 29 heavy (non-hydrogen) atoms. The number of para-hydroxylation sites is 1. The van der Waals surface area contributed by atoms with Crippen molar-refractivity contribution in [2.24, 2.45) is 0 Å². The third-order valence-corrected chi connectivity index (χ3v) is 4.35. The Morgan fingerprint density at radius 2 is 1.48 bits per heavy atom. The van der Waals surface area contributed by atoms with Crippen LogP contribution in [0.15, 0.2) is 85.1 Å². The quantitative estimate of drug-likeness (QED) is 0.447. The molecule has 0 aliphatic rings. The zero-order valence-corrected chi connectivity index (χ0v) is 16.2. The number of anilines is 1. The van der Waals surface area contributed by atoms with Crippen molar-refractivity contribution in [1.82, 2.24) is 0 Å². The largest absolute Gasteiger partial charge is 0.493 e. The summed E-state index contributed by atoms with van der Waals surface area (Å²) in [5, 5.41) is 3.04. The van der Waals surface area contributed by atoms with Gasteiger partial charge in [0.05, 0.1) is 14.2 Å². The maximum atomic E-state index is 12.8. The van der Waals surface area contributed by atoms with Crippen molar-refractivity contribution in [1.29, 1.82) is 0 Å². The lowest BCUT2D eigenvalue weighted by atomic mass is 10.0. The predicted molar refractivity (Wildman–Crippen MR) is 113 cm³/mol. The van der Waals surface area contributed by atoms with Gasteiger partial charge in [0.15, 0.2) is 23.1 Å². The summed E-state index contributed by atoms with van der Waals surface area (Å²) in [5.74, 6) is 0.747. The molecule has 3 aromatic rings. The van der Waals surface area contributed by atoms with E-state index in [-0.39, 0.29) is 11.6 Å². The number of benzene rings is 3. The van der Waals surface area contributed by atoms with E-state index in [0.717, 1.165) is 0 Å². The van der Waals surface area contributed by atoms with Crippen molar-refractivity contribution >= 4 is 17.3 Å². The van der Waals surface area contributed by atoms with Crippen molar-refractivity contribution in [2.45, 2.75) is 0 Å². The Morgan fingerprint density at radius 1 is 0.793 bits per heavy atom. The fourth-order valence-electron chi connectivity index (χ4n) is 2.84. The minimum atomic E-state index is -0.203. The second kappa shape index (κ2) is 9.37. The van der Waals surface area contributed by atoms with E-state index < -0.39 is 0 Å². The molecule has 0 fully saturated rings. The van der Waals surface area contributed by atoms with E-state index in [1.165, 1.54) is 26.5 Å². The molecule has 0 unspecified atom stereocenters. The molecule has 0 radical (unpaired) electrons. The van der Waals surface area contributed by atoms with Gasteiger partial charge in [-0.2, -0.15) is 0 Å². The normalized spacial score (nSPS) is 10.6. The molecule has 0 bridgehead atoms. The van der Waals surface area contributed by atoms with Gasteiger partial charge < -0.3 is 14.8 Å². The smallest absolute Gasteiger partial charge is 0.195 e. The number of hydrogen-bond acceptors (Lipinski definition) is 5. The molecule has 0 aliphatic heterocycles. The Morgan fingerprint density at radius 3 is 2.21 bits per heavy atom. The van der Waals surface area contributed by atoms with E-state index >= 15 is 0 Å². The Bertz CT molecular complexity index is 1040. The maximum Gasteiger partial charge on any atom is 0.195 e. The average Bonchev–Trinajstić information content (AvgIpc) is 2.79. The second-order valence-corrected chi connectivity index (χ2v) is 6.15. The van der Waals surface area contributed by atoms with Crippen molar-refractivity contribution in [3.63, 3.8) is 0 Å². The third kappa shape index (κ3) is 4.71. The molecule has 5 nitrogen and oxygen atoms in total. The zero-order chi connectivity index (χ0) is 20.6. The first-order valence-corrected chi connectivity index (χ1v) is 9.02. The van der Waals surface area contributed by atoms with Gasteiger partial charge in [-0.1, -0.05) is 42.5 Å². The van der Waals surface area contributed by atoms with Crippen LogP contribution in [0.4, 0.5) is 5.69 Å². The number of nitrogens with one attached hydrogen (secondary N) is 1. The monoisotopic (exact) mass is 387 g/mol. The molecule has 3 rings (SSSR count). The molecule has 0 saturated heterocycles. The van der Waals surface area contributed by atoms with Crippen LogP contribution in [-0.4, -0.2) is 25.8 Å². The highest BCUT2D eigenvalue weighted by molar-refractivity contribution is 6.12. The number of hydrogen-bond donors (Lipinski definition) is 1. The highest BCUT2D eigenvalue weighted by Crippen LogP contribution is 2.27. The standard InChI is InChI=1S/C24H21NO4/c1-28-22-13-12-18(16-23(22)29-2)21(26)14-15-25-20-11-7-6-10-19(20)24(27)17-8-4-3-5-9-17/h3-16,25H,1-2H3/b15-14+. The number of ether oxygens (including phenoxy) is 2. The second-order valence-electron chi connectivity index (χ2n) is 6.15. The van der Waals surface area contributed by atoms with E-state index in [0.29, 0.717) is 33.9 Å². The molecule has 3 aromatic carbocycles. The molecule has 1 N–H and O–H groups in total. The molecular weight excluding hydrogens is 366 g/mol. The van der Waals surface area contributed by atoms with Crippen molar-refractivity contribution in [3.05, 3.63) is 102 Å². The van der Waals surface area contributed by atoms with Gasteiger partial charge in [-0.3, -0.25) is 9.59 Å². The van der Waals surface area contributed by atoms with Gasteiger partial charge in [-0.15, -0.1) is 0 Å². The van der Waals surface area contributed by atoms with Crippen LogP contribution in [0.2, 0.25) is 0 Å². The highest BCUT2D eigenvalue weighted by atomic mass is 16.5. The fourth-order valence-corrected chi connectivity index (χ4v) is 2.84. The van der Waals surface area contributed by atoms with E-state index in [1.807, 2.05) is 24.3 Å². The summed E-state index contributed by atoms with van der Waals surface area (Å²) < 4.78 is 10.4. The molecule has 146 valence electrons. The summed E-state index contributed by atoms with van der Waals surface area (Å²) in [6.07, 6.45) is 2.93. The predicted octanol–water partition coefficient (Wildman–Crippen LogP) is 4.74. The van der Waals surface area contributed by atoms with Crippen LogP contribution >= 0.6 is 0 Å². The molecular formula is C24H21NO4. The first-order chi connectivity index (χ1) is 14.1. The number of carbonyl (C=O) groups is 2. The van der Waals surface area contributed by atoms with Gasteiger partial charge >= 0.3 is 0 Å². The highest BCUT2D eigenvalue weighted by Gasteiger charge is 2.12. The molecule has 0 atom stereocenters. The minimum absolute atomic E-state index is 0.0895. The summed E-state index contributed by atoms with van der Waals surface area (Å²) in [6.45, 7) is 0. The molecule has 0 heterocycles. The Labute approximate surface area is 169 Å². The van der Waals surface area contributed by atoms with Crippen LogP contribution in [0.25, 0.3) is 0 Å². The van der Waals surface area contributed by atoms with E-state index in [1.54, 1.807) is 48.5 Å². The Kier molecular flexibility index (Phi) is 6.43. The maximum absolute atomic E-state index is 12.8. The van der Waals surface area contributed by atoms with Crippen molar-refractivity contribution in [3.8, 4) is 11.5 Å². The molecule has 0 aliphatic carbocycles. The van der Waals surface area contributed by atoms with Crippen LogP contribution in [0.3, 0.4) is 0 Å². The fraction of sp³-hybridized carbons (Fsp3) is 0.0833. The lowest BCUT2D eigenvalue weighted by molar-refractivity contribution is 0.103. The average molecular weight is 387 g/mol. The molecule has 0 amide bonds. The Balaban J connectivity index is 1.76. The lowest BCUT2D eigenvalue weighted by Crippen LogP contribution is -2.05. The summed E-state index contributed by atoms with van der Waals surface area (Å²) in [5.41, 5.74) is 2.22. The minimum Gasteiger partial charge on any atom is -0.493 e. The topological polar surface area (TPSA) is 64.6 Å². The van der Waals surface area contributed by atoms with Crippen molar-refractivity contribution < 1.29 is 19.1 Å². The summed E-state index contributed by atoms with van der Waals surface area (Å²) in [6, 6.07) is 21.2. The summed E-state index contributed by atoms with van der Waals surface area (Å²) in [4.78, 5) is 25.2. The lowest BCUT2D eigenvalue weighted by Gasteiger charge is -2.09. The molecule has 0 saturated carbocycles. The number of methoxy groups -OCH3 is 2. The summed E-state index contributed by atoms with van der Waals surface area (Å²) in [7, 11) is 3.06. The van der Waals surface area contributed by atoms with Gasteiger partial charge in [-0.25, -0.2) is 0 Å². The number of allylic oxidation sites excluding steroid dienone is 1. The Hall–Kier alpha value is -3.86. The van der Waals surface area contributed by atoms with E-state index in [4.69, 9.17) is 9.47 Å². The van der Waals surface area contributed by atoms with Crippen LogP contribution in [0, 0.1) is 0 Å². The number of carbonyl (C=O) groups excluding carboxylic acids is 2. The number of rotatable bonds is 8. The van der Waals surface area contributed by atoms with Gasteiger partial charge in [0, 0.05) is 34.7 Å². The van der Waals surface area contributed by atoms with Gasteiger partial charge in [0.25, 0.3) is 0 Å². The first kappa shape index (κ1) is 19.9. The third-order valence-electron chi connectivity index (χ3n) is 4.35. The van der Waals surface area contributed by atoms with E-state index in [2.05, 4.69) is 5.32 Å². The number of ketones is 2. The van der Waals surface area contributed by atoms with Gasteiger partial charge in [0.2, 0.25) is 0 Å². The van der Waals surface area contributed by atoms with Crippen LogP contribution in [0.5, 0.6) is 11.5 Å². The SMILES string of the molecule is COc1ccc(C(=O)/C=C/Nc2ccccc2C(=O)c2ccccc2)cc1OC. The van der Waals surface area contributed by atoms with Crippen LogP contribution in [0.1, 0.15) is 26.3 Å². The summed E-state index contributed by atoms with van der Waals surface area (Å²) >= 11 is 0. The van der Waals surface area contributed by atoms with Gasteiger partial charge in [-0.05, 0) is 30.3 Å². The van der Waals surface area contributed by atoms with Crippen molar-refractivity contribution in [2.75, 3.05) is 19.5 Å². The zero-order valence-electron chi connectivity index (χ0n) is 16.2. The molecule has 0 aromatic heterocycles. The van der Waals surface area contributed by atoms with Crippen LogP contribution < -0.4 is 14.8 Å². The molecule has 0 spiro atoms. The van der Waals surface area contributed by atoms with Gasteiger partial charge in [0.1, 0.15) is 0 Å². The van der Waals surface area contributed by atoms with E-state index in [9.17, 15) is 9.59 Å².